The molecule has 1 fully saturated rings. The number of carbonyl (C=O) groups is 1. The van der Waals surface area contributed by atoms with Gasteiger partial charge >= 0.3 is 6.03 Å². The maximum Gasteiger partial charge on any atom is 0.314 e. The molecule has 0 bridgehead atoms. The van der Waals surface area contributed by atoms with Gasteiger partial charge in [0, 0.05) is 44.8 Å². The van der Waals surface area contributed by atoms with Crippen LogP contribution in [0.4, 0.5) is 4.79 Å². The first-order valence-electron chi connectivity index (χ1n) is 9.57. The van der Waals surface area contributed by atoms with Crippen molar-refractivity contribution in [1.29, 1.82) is 0 Å². The Hall–Kier alpha value is -1.79. The van der Waals surface area contributed by atoms with E-state index in [1.807, 2.05) is 24.3 Å². The van der Waals surface area contributed by atoms with Crippen LogP contribution in [0, 0.1) is 0 Å². The molecule has 146 valence electrons. The van der Waals surface area contributed by atoms with Crippen molar-refractivity contribution in [2.75, 3.05) is 52.9 Å². The largest absolute Gasteiger partial charge is 0.496 e. The van der Waals surface area contributed by atoms with E-state index in [1.165, 1.54) is 0 Å². The zero-order valence-electron chi connectivity index (χ0n) is 16.7. The Bertz CT molecular complexity index is 569. The molecule has 0 spiro atoms. The number of nitrogens with one attached hydrogen (secondary N) is 2. The molecule has 2 amide bonds. The van der Waals surface area contributed by atoms with Gasteiger partial charge in [0.2, 0.25) is 0 Å². The zero-order valence-corrected chi connectivity index (χ0v) is 16.7. The monoisotopic (exact) mass is 362 g/mol. The number of methoxy groups -OCH3 is 1. The first kappa shape index (κ1) is 20.5. The summed E-state index contributed by atoms with van der Waals surface area (Å²) < 4.78 is 5.34. The van der Waals surface area contributed by atoms with Crippen LogP contribution in [0.3, 0.4) is 0 Å². The van der Waals surface area contributed by atoms with E-state index in [2.05, 4.69) is 41.2 Å². The van der Waals surface area contributed by atoms with Crippen LogP contribution in [0.5, 0.6) is 5.75 Å². The lowest BCUT2D eigenvalue weighted by molar-refractivity contribution is 0.0555. The summed E-state index contributed by atoms with van der Waals surface area (Å²) in [6.07, 6.45) is 0.750. The predicted molar refractivity (Wildman–Crippen MR) is 106 cm³/mol. The molecule has 1 aromatic carbocycles. The number of carbonyl (C=O) groups excluding carboxylic acids is 1. The second-order valence-corrected chi connectivity index (χ2v) is 7.41. The molecule has 6 heteroatoms. The Balaban J connectivity index is 1.71. The topological polar surface area (TPSA) is 56.8 Å². The van der Waals surface area contributed by atoms with Crippen LogP contribution in [0.2, 0.25) is 0 Å². The summed E-state index contributed by atoms with van der Waals surface area (Å²) in [4.78, 5) is 17.1. The summed E-state index contributed by atoms with van der Waals surface area (Å²) in [5.41, 5.74) is 1.06. The highest BCUT2D eigenvalue weighted by atomic mass is 16.5. The molecule has 2 N–H and O–H groups in total. The zero-order chi connectivity index (χ0) is 19.0. The van der Waals surface area contributed by atoms with Gasteiger partial charge in [-0.3, -0.25) is 4.90 Å². The number of ether oxygens (including phenoxy) is 1. The van der Waals surface area contributed by atoms with E-state index in [9.17, 15) is 4.79 Å². The average molecular weight is 363 g/mol. The number of para-hydroxylation sites is 1. The Morgan fingerprint density at radius 1 is 1.15 bits per heavy atom. The summed E-state index contributed by atoms with van der Waals surface area (Å²) in [6.45, 7) is 13.2. The molecule has 0 atom stereocenters. The number of likely N-dealkylation sites (N-methyl/N-ethyl adjacent to an activating group) is 1. The summed E-state index contributed by atoms with van der Waals surface area (Å²) in [6, 6.07) is 7.79. The molecule has 0 aliphatic carbocycles. The van der Waals surface area contributed by atoms with Crippen LogP contribution < -0.4 is 15.4 Å². The average Bonchev–Trinajstić information content (AvgIpc) is 2.67. The molecule has 0 saturated carbocycles. The first-order valence-corrected chi connectivity index (χ1v) is 9.57. The minimum Gasteiger partial charge on any atom is -0.496 e. The van der Waals surface area contributed by atoms with Crippen LogP contribution in [0.25, 0.3) is 0 Å². The van der Waals surface area contributed by atoms with Crippen LogP contribution in [-0.2, 0) is 6.42 Å². The summed E-state index contributed by atoms with van der Waals surface area (Å²) in [7, 11) is 1.67. The highest BCUT2D eigenvalue weighted by molar-refractivity contribution is 5.73. The van der Waals surface area contributed by atoms with E-state index in [0.29, 0.717) is 13.1 Å². The number of hydrogen-bond donors (Lipinski definition) is 2. The number of rotatable bonds is 8. The van der Waals surface area contributed by atoms with Gasteiger partial charge in [0.15, 0.2) is 0 Å². The minimum absolute atomic E-state index is 0.0418. The van der Waals surface area contributed by atoms with Gasteiger partial charge in [0.25, 0.3) is 0 Å². The van der Waals surface area contributed by atoms with Gasteiger partial charge in [-0.05, 0) is 38.4 Å². The fraction of sp³-hybridized carbons (Fsp3) is 0.650. The number of urea groups is 1. The third-order valence-electron chi connectivity index (χ3n) is 5.23. The molecular weight excluding hydrogens is 328 g/mol. The summed E-state index contributed by atoms with van der Waals surface area (Å²) in [5, 5.41) is 5.97. The Morgan fingerprint density at radius 2 is 1.85 bits per heavy atom. The van der Waals surface area contributed by atoms with Crippen molar-refractivity contribution in [2.45, 2.75) is 32.7 Å². The molecule has 1 aromatic rings. The predicted octanol–water partition coefficient (Wildman–Crippen LogP) is 1.95. The third-order valence-corrected chi connectivity index (χ3v) is 5.23. The van der Waals surface area contributed by atoms with E-state index in [4.69, 9.17) is 4.74 Å². The molecular formula is C20H34N4O2. The molecule has 1 saturated heterocycles. The molecule has 1 heterocycles. The van der Waals surface area contributed by atoms with Gasteiger partial charge in [-0.15, -0.1) is 0 Å². The lowest BCUT2D eigenvalue weighted by Crippen LogP contribution is -2.59. The third kappa shape index (κ3) is 5.88. The number of piperazine rings is 1. The Kier molecular flexibility index (Phi) is 7.72. The lowest BCUT2D eigenvalue weighted by Gasteiger charge is -2.44. The molecule has 2 rings (SSSR count). The second-order valence-electron chi connectivity index (χ2n) is 7.41. The molecule has 0 aromatic heterocycles. The van der Waals surface area contributed by atoms with Crippen molar-refractivity contribution in [3.05, 3.63) is 29.8 Å². The lowest BCUT2D eigenvalue weighted by atomic mass is 10.0. The second kappa shape index (κ2) is 9.78. The maximum absolute atomic E-state index is 12.1. The van der Waals surface area contributed by atoms with Crippen molar-refractivity contribution >= 4 is 6.03 Å². The normalized spacial score (nSPS) is 16.3. The fourth-order valence-electron chi connectivity index (χ4n) is 3.36. The van der Waals surface area contributed by atoms with Crippen molar-refractivity contribution in [1.82, 2.24) is 20.4 Å². The van der Waals surface area contributed by atoms with Gasteiger partial charge in [-0.2, -0.15) is 0 Å². The van der Waals surface area contributed by atoms with E-state index >= 15 is 0 Å². The quantitative estimate of drug-likeness (QED) is 0.742. The van der Waals surface area contributed by atoms with Gasteiger partial charge < -0.3 is 20.3 Å². The number of benzene rings is 1. The van der Waals surface area contributed by atoms with E-state index in [-0.39, 0.29) is 11.6 Å². The van der Waals surface area contributed by atoms with Crippen LogP contribution in [-0.4, -0.2) is 74.3 Å². The van der Waals surface area contributed by atoms with Crippen LogP contribution in [0.1, 0.15) is 26.3 Å². The van der Waals surface area contributed by atoms with Crippen molar-refractivity contribution in [2.24, 2.45) is 0 Å². The van der Waals surface area contributed by atoms with Crippen molar-refractivity contribution < 1.29 is 9.53 Å². The Labute approximate surface area is 157 Å². The molecule has 1 aliphatic rings. The number of hydrogen-bond acceptors (Lipinski definition) is 4. The summed E-state index contributed by atoms with van der Waals surface area (Å²) in [5.74, 6) is 0.863. The van der Waals surface area contributed by atoms with Crippen molar-refractivity contribution in [3.8, 4) is 5.75 Å². The molecule has 1 aliphatic heterocycles. The van der Waals surface area contributed by atoms with E-state index in [1.54, 1.807) is 7.11 Å². The van der Waals surface area contributed by atoms with E-state index in [0.717, 1.165) is 50.5 Å². The smallest absolute Gasteiger partial charge is 0.314 e. The van der Waals surface area contributed by atoms with Gasteiger partial charge in [0.05, 0.1) is 7.11 Å². The fourth-order valence-corrected chi connectivity index (χ4v) is 3.36. The number of amides is 2. The SMILES string of the molecule is CCN1CCN(C(C)(C)CNC(=O)NCCc2ccccc2OC)CC1. The van der Waals surface area contributed by atoms with Gasteiger partial charge in [-0.1, -0.05) is 25.1 Å². The highest BCUT2D eigenvalue weighted by Gasteiger charge is 2.29. The molecule has 6 nitrogen and oxygen atoms in total. The minimum atomic E-state index is -0.111. The molecule has 26 heavy (non-hydrogen) atoms. The highest BCUT2D eigenvalue weighted by Crippen LogP contribution is 2.17. The van der Waals surface area contributed by atoms with E-state index < -0.39 is 0 Å². The standard InChI is InChI=1S/C20H34N4O2/c1-5-23-12-14-24(15-13-23)20(2,3)16-22-19(25)21-11-10-17-8-6-7-9-18(17)26-4/h6-9H,5,10-16H2,1-4H3,(H2,21,22,25). The first-order chi connectivity index (χ1) is 12.5. The maximum atomic E-state index is 12.1. The molecule has 0 unspecified atom stereocenters. The van der Waals surface area contributed by atoms with Crippen molar-refractivity contribution in [3.63, 3.8) is 0 Å². The van der Waals surface area contributed by atoms with Crippen LogP contribution >= 0.6 is 0 Å². The van der Waals surface area contributed by atoms with Gasteiger partial charge in [-0.25, -0.2) is 4.79 Å². The molecule has 0 radical (unpaired) electrons. The number of nitrogens with zero attached hydrogens (tertiary/aromatic N) is 2. The van der Waals surface area contributed by atoms with Gasteiger partial charge in [0.1, 0.15) is 5.75 Å². The Morgan fingerprint density at radius 3 is 2.50 bits per heavy atom. The summed E-state index contributed by atoms with van der Waals surface area (Å²) >= 11 is 0. The van der Waals surface area contributed by atoms with Crippen LogP contribution in [0.15, 0.2) is 24.3 Å².